The molecule has 2 unspecified atom stereocenters. The molecule has 1 saturated carbocycles. The summed E-state index contributed by atoms with van der Waals surface area (Å²) in [6, 6.07) is 3.63. The Morgan fingerprint density at radius 1 is 1.18 bits per heavy atom. The molecule has 2 aliphatic rings. The number of aromatic nitrogens is 4. The average Bonchev–Trinajstić information content (AvgIpc) is 3.26. The maximum Gasteiger partial charge on any atom is 0.218 e. The molecule has 146 valence electrons. The van der Waals surface area contributed by atoms with Crippen LogP contribution in [0.5, 0.6) is 5.88 Å². The number of aryl methyl sites for hydroxylation is 1. The molecule has 8 nitrogen and oxygen atoms in total. The highest BCUT2D eigenvalue weighted by Gasteiger charge is 2.44. The molecule has 28 heavy (non-hydrogen) atoms. The van der Waals surface area contributed by atoms with E-state index in [1.165, 1.54) is 11.9 Å². The summed E-state index contributed by atoms with van der Waals surface area (Å²) in [6.07, 6.45) is 4.06. The quantitative estimate of drug-likeness (QED) is 0.619. The van der Waals surface area contributed by atoms with Crippen LogP contribution in [0.1, 0.15) is 29.3 Å². The van der Waals surface area contributed by atoms with Gasteiger partial charge in [-0.3, -0.25) is 0 Å². The van der Waals surface area contributed by atoms with Crippen molar-refractivity contribution in [2.75, 3.05) is 6.54 Å². The maximum absolute atomic E-state index is 10.7. The van der Waals surface area contributed by atoms with Crippen LogP contribution in [0.4, 0.5) is 0 Å². The predicted octanol–water partition coefficient (Wildman–Crippen LogP) is 0.895. The van der Waals surface area contributed by atoms with Gasteiger partial charge in [0.2, 0.25) is 5.88 Å². The first kappa shape index (κ1) is 17.5. The highest BCUT2D eigenvalue weighted by atomic mass is 16.5. The third-order valence-corrected chi connectivity index (χ3v) is 5.91. The van der Waals surface area contributed by atoms with E-state index in [4.69, 9.17) is 4.74 Å². The lowest BCUT2D eigenvalue weighted by Crippen LogP contribution is -2.35. The van der Waals surface area contributed by atoms with Gasteiger partial charge in [0.15, 0.2) is 0 Å². The van der Waals surface area contributed by atoms with Crippen LogP contribution in [-0.4, -0.2) is 54.6 Å². The van der Waals surface area contributed by atoms with Crippen molar-refractivity contribution in [3.8, 4) is 5.88 Å². The van der Waals surface area contributed by atoms with Crippen LogP contribution >= 0.6 is 0 Å². The van der Waals surface area contributed by atoms with Crippen molar-refractivity contribution in [1.82, 2.24) is 24.8 Å². The summed E-state index contributed by atoms with van der Waals surface area (Å²) < 4.78 is 8.03. The fourth-order valence-corrected chi connectivity index (χ4v) is 4.34. The summed E-state index contributed by atoms with van der Waals surface area (Å²) in [6.45, 7) is 3.56. The van der Waals surface area contributed by atoms with Crippen molar-refractivity contribution in [2.24, 2.45) is 0 Å². The van der Waals surface area contributed by atoms with Gasteiger partial charge in [0.05, 0.1) is 11.7 Å². The number of fused-ring (bicyclic) bond motifs is 2. The van der Waals surface area contributed by atoms with Crippen molar-refractivity contribution < 1.29 is 14.9 Å². The zero-order valence-corrected chi connectivity index (χ0v) is 15.6. The Bertz CT molecular complexity index is 1020. The van der Waals surface area contributed by atoms with Crippen molar-refractivity contribution in [2.45, 2.75) is 50.7 Å². The first-order valence-electron chi connectivity index (χ1n) is 9.62. The molecule has 3 aromatic heterocycles. The van der Waals surface area contributed by atoms with Gasteiger partial charge in [0.25, 0.3) is 0 Å². The number of aliphatic hydroxyl groups excluding tert-OH is 2. The summed E-state index contributed by atoms with van der Waals surface area (Å²) in [5.74, 6) is 0.539. The second-order valence-corrected chi connectivity index (χ2v) is 7.54. The first-order valence-corrected chi connectivity index (χ1v) is 9.62. The summed E-state index contributed by atoms with van der Waals surface area (Å²) in [4.78, 5) is 13.0. The van der Waals surface area contributed by atoms with Crippen LogP contribution in [0, 0.1) is 6.92 Å². The minimum atomic E-state index is -1.00. The topological polar surface area (TPSA) is 105 Å². The van der Waals surface area contributed by atoms with Crippen molar-refractivity contribution in [3.05, 3.63) is 47.7 Å². The Hall–Kier alpha value is -2.55. The molecule has 0 aromatic carbocycles. The number of nitrogens with zero attached hydrogens (tertiary/aromatic N) is 4. The van der Waals surface area contributed by atoms with E-state index < -0.39 is 18.3 Å². The fraction of sp³-hybridized carbons (Fsp3) is 0.450. The molecule has 8 heteroatoms. The van der Waals surface area contributed by atoms with Gasteiger partial charge in [-0.1, -0.05) is 0 Å². The van der Waals surface area contributed by atoms with Crippen molar-refractivity contribution in [1.29, 1.82) is 0 Å². The number of nitrogens with one attached hydrogen (secondary N) is 1. The van der Waals surface area contributed by atoms with Gasteiger partial charge in [-0.2, -0.15) is 0 Å². The SMILES string of the molecule is Cc1ncnc2c1ccn2C1CC(Oc2nccc3c2CNCC3)[C@@H](O)[C@H]1O. The van der Waals surface area contributed by atoms with Crippen LogP contribution in [0.25, 0.3) is 11.0 Å². The highest BCUT2D eigenvalue weighted by Crippen LogP contribution is 2.36. The van der Waals surface area contributed by atoms with E-state index in [0.29, 0.717) is 18.8 Å². The molecule has 0 radical (unpaired) electrons. The molecule has 1 aliphatic heterocycles. The Labute approximate surface area is 162 Å². The highest BCUT2D eigenvalue weighted by molar-refractivity contribution is 5.78. The zero-order chi connectivity index (χ0) is 19.3. The normalized spacial score (nSPS) is 27.1. The lowest BCUT2D eigenvalue weighted by atomic mass is 10.0. The third-order valence-electron chi connectivity index (χ3n) is 5.91. The molecule has 4 atom stereocenters. The van der Waals surface area contributed by atoms with Crippen LogP contribution in [-0.2, 0) is 13.0 Å². The molecule has 3 aromatic rings. The smallest absolute Gasteiger partial charge is 0.218 e. The Morgan fingerprint density at radius 3 is 2.96 bits per heavy atom. The third kappa shape index (κ3) is 2.76. The fourth-order valence-electron chi connectivity index (χ4n) is 4.34. The molecule has 0 bridgehead atoms. The molecule has 0 amide bonds. The van der Waals surface area contributed by atoms with Gasteiger partial charge in [0, 0.05) is 36.3 Å². The lowest BCUT2D eigenvalue weighted by molar-refractivity contribution is -0.0177. The Kier molecular flexibility index (Phi) is 4.26. The van der Waals surface area contributed by atoms with E-state index >= 15 is 0 Å². The van der Waals surface area contributed by atoms with Crippen LogP contribution in [0.3, 0.4) is 0 Å². The summed E-state index contributed by atoms with van der Waals surface area (Å²) in [7, 11) is 0. The van der Waals surface area contributed by atoms with E-state index in [0.717, 1.165) is 35.3 Å². The second kappa shape index (κ2) is 6.80. The molecule has 1 aliphatic carbocycles. The van der Waals surface area contributed by atoms with Gasteiger partial charge >= 0.3 is 0 Å². The molecule has 0 saturated heterocycles. The van der Waals surface area contributed by atoms with E-state index in [2.05, 4.69) is 20.3 Å². The zero-order valence-electron chi connectivity index (χ0n) is 15.6. The second-order valence-electron chi connectivity index (χ2n) is 7.54. The van der Waals surface area contributed by atoms with Gasteiger partial charge < -0.3 is 24.8 Å². The molecular weight excluding hydrogens is 358 g/mol. The van der Waals surface area contributed by atoms with Gasteiger partial charge in [-0.05, 0) is 37.6 Å². The van der Waals surface area contributed by atoms with Crippen LogP contribution < -0.4 is 10.1 Å². The van der Waals surface area contributed by atoms with Gasteiger partial charge in [-0.15, -0.1) is 0 Å². The Morgan fingerprint density at radius 2 is 2.07 bits per heavy atom. The maximum atomic E-state index is 10.7. The van der Waals surface area contributed by atoms with E-state index in [1.54, 1.807) is 6.20 Å². The summed E-state index contributed by atoms with van der Waals surface area (Å²) >= 11 is 0. The minimum Gasteiger partial charge on any atom is -0.471 e. The summed E-state index contributed by atoms with van der Waals surface area (Å²) in [5, 5.41) is 25.6. The monoisotopic (exact) mass is 381 g/mol. The van der Waals surface area contributed by atoms with Crippen molar-refractivity contribution in [3.63, 3.8) is 0 Å². The van der Waals surface area contributed by atoms with E-state index in [9.17, 15) is 10.2 Å². The van der Waals surface area contributed by atoms with Gasteiger partial charge in [0.1, 0.15) is 30.3 Å². The Balaban J connectivity index is 1.43. The van der Waals surface area contributed by atoms with Gasteiger partial charge in [-0.25, -0.2) is 15.0 Å². The number of ether oxygens (including phenoxy) is 1. The molecular formula is C20H23N5O3. The number of hydrogen-bond acceptors (Lipinski definition) is 7. The molecule has 1 fully saturated rings. The van der Waals surface area contributed by atoms with Crippen LogP contribution in [0.15, 0.2) is 30.9 Å². The molecule has 5 rings (SSSR count). The number of aliphatic hydroxyl groups is 2. The van der Waals surface area contributed by atoms with E-state index in [1.807, 2.05) is 29.8 Å². The standard InChI is InChI=1S/C20H23N5O3/c1-11-13-4-7-25(19(13)24-10-23-11)15-8-16(18(27)17(15)26)28-20-14-9-21-5-2-12(14)3-6-22-20/h3-4,6-7,10,15-18,21,26-27H,2,5,8-9H2,1H3/t15?,16?,17-,18+/m0/s1. The summed E-state index contributed by atoms with van der Waals surface area (Å²) in [5.41, 5.74) is 3.89. The number of rotatable bonds is 3. The van der Waals surface area contributed by atoms with Crippen molar-refractivity contribution >= 4 is 11.0 Å². The number of pyridine rings is 1. The average molecular weight is 381 g/mol. The lowest BCUT2D eigenvalue weighted by Gasteiger charge is -2.23. The van der Waals surface area contributed by atoms with E-state index in [-0.39, 0.29) is 6.04 Å². The predicted molar refractivity (Wildman–Crippen MR) is 102 cm³/mol. The molecule has 0 spiro atoms. The first-order chi connectivity index (χ1) is 13.6. The molecule has 4 heterocycles. The molecule has 3 N–H and O–H groups in total. The number of hydrogen-bond donors (Lipinski definition) is 3. The largest absolute Gasteiger partial charge is 0.471 e. The van der Waals surface area contributed by atoms with Crippen LogP contribution in [0.2, 0.25) is 0 Å². The minimum absolute atomic E-state index is 0.329.